The minimum absolute atomic E-state index is 0.00658. The average Bonchev–Trinajstić information content (AvgIpc) is 3.27. The van der Waals surface area contributed by atoms with E-state index in [1.807, 2.05) is 12.1 Å². The van der Waals surface area contributed by atoms with Crippen molar-refractivity contribution in [2.45, 2.75) is 116 Å². The summed E-state index contributed by atoms with van der Waals surface area (Å²) in [4.78, 5) is 101. The molecular formula is C46H52N2O18. The van der Waals surface area contributed by atoms with Gasteiger partial charge in [-0.3, -0.25) is 38.4 Å². The Balaban J connectivity index is 1.42. The fraction of sp³-hybridized carbons (Fsp3) is 0.435. The van der Waals surface area contributed by atoms with Crippen LogP contribution in [0.3, 0.4) is 0 Å². The Morgan fingerprint density at radius 1 is 0.439 bits per heavy atom. The standard InChI is InChI=1S/C46H52N2O18/c1-25(49)57-23-35-39(61-27(3)51)41(63-29(5)53)37(45(65-35)59-21-31-13-9-7-10-14-31)47-43(55)33-17-19-34(20-18-33)44(56)48-38-42(64-30(6)54)40(62-28(4)52)36(24-58-26(2)50)66-46(38)60-22-32-15-11-8-12-16-32/h7-20,35-42,45-46H,21-24H2,1-6H3,(H,47,55)(H,48,56)/t35-,36-,37+,38+,39-,40-,41-,42-,45+,46+/m1/s1. The molecule has 5 rings (SSSR count). The molecule has 20 heteroatoms. The molecule has 2 N–H and O–H groups in total. The number of hydrogen-bond acceptors (Lipinski definition) is 18. The summed E-state index contributed by atoms with van der Waals surface area (Å²) in [6.07, 6.45) is -10.7. The van der Waals surface area contributed by atoms with Crippen molar-refractivity contribution in [3.8, 4) is 0 Å². The number of benzene rings is 3. The van der Waals surface area contributed by atoms with Crippen LogP contribution < -0.4 is 10.6 Å². The number of rotatable bonds is 18. The minimum atomic E-state index is -1.42. The maximum atomic E-state index is 14.0. The van der Waals surface area contributed by atoms with Gasteiger partial charge in [-0.15, -0.1) is 0 Å². The lowest BCUT2D eigenvalue weighted by Gasteiger charge is -2.45. The molecule has 0 aromatic heterocycles. The fourth-order valence-electron chi connectivity index (χ4n) is 7.14. The number of carbonyl (C=O) groups is 8. The molecule has 3 aromatic rings. The Bertz CT molecular complexity index is 2020. The van der Waals surface area contributed by atoms with E-state index in [9.17, 15) is 38.4 Å². The van der Waals surface area contributed by atoms with Crippen molar-refractivity contribution >= 4 is 47.6 Å². The van der Waals surface area contributed by atoms with Crippen molar-refractivity contribution in [1.82, 2.24) is 10.6 Å². The third-order valence-corrected chi connectivity index (χ3v) is 9.92. The van der Waals surface area contributed by atoms with Crippen molar-refractivity contribution in [3.05, 3.63) is 107 Å². The second-order valence-electron chi connectivity index (χ2n) is 15.2. The van der Waals surface area contributed by atoms with Crippen LogP contribution in [0, 0.1) is 0 Å². The molecule has 0 bridgehead atoms. The lowest BCUT2D eigenvalue weighted by atomic mass is 9.95. The second kappa shape index (κ2) is 24.0. The van der Waals surface area contributed by atoms with Gasteiger partial charge in [0.15, 0.2) is 37.0 Å². The van der Waals surface area contributed by atoms with Gasteiger partial charge in [-0.05, 0) is 35.4 Å². The molecule has 2 aliphatic heterocycles. The third kappa shape index (κ3) is 14.6. The smallest absolute Gasteiger partial charge is 0.303 e. The van der Waals surface area contributed by atoms with Crippen LogP contribution in [-0.2, 0) is 89.3 Å². The SMILES string of the molecule is CC(=O)OC[C@H]1O[C@H](OCc2ccccc2)[C@@H](NC(=O)c2ccc(C(=O)N[C@@H]3[C@@H](OCc4ccccc4)O[C@H](COC(C)=O)[C@@H](OC(C)=O)[C@@H]3OC(C)=O)cc2)[C@@H](OC(C)=O)[C@@H]1OC(C)=O. The molecular weight excluding hydrogens is 869 g/mol. The number of nitrogens with one attached hydrogen (secondary N) is 2. The Morgan fingerprint density at radius 2 is 0.758 bits per heavy atom. The van der Waals surface area contributed by atoms with E-state index < -0.39 is 122 Å². The summed E-state index contributed by atoms with van der Waals surface area (Å²) >= 11 is 0. The van der Waals surface area contributed by atoms with E-state index in [1.165, 1.54) is 38.1 Å². The van der Waals surface area contributed by atoms with Gasteiger partial charge in [0, 0.05) is 52.7 Å². The van der Waals surface area contributed by atoms with Crippen molar-refractivity contribution in [2.24, 2.45) is 0 Å². The zero-order valence-electron chi connectivity index (χ0n) is 37.0. The number of ether oxygens (including phenoxy) is 10. The van der Waals surface area contributed by atoms with Gasteiger partial charge in [0.1, 0.15) is 37.5 Å². The number of amides is 2. The first-order chi connectivity index (χ1) is 31.5. The molecule has 0 radical (unpaired) electrons. The van der Waals surface area contributed by atoms with E-state index in [2.05, 4.69) is 10.6 Å². The fourth-order valence-corrected chi connectivity index (χ4v) is 7.14. The van der Waals surface area contributed by atoms with Crippen LogP contribution in [0.1, 0.15) is 73.4 Å². The normalized spacial score (nSPS) is 24.6. The predicted molar refractivity (Wildman–Crippen MR) is 224 cm³/mol. The van der Waals surface area contributed by atoms with E-state index in [-0.39, 0.29) is 24.3 Å². The van der Waals surface area contributed by atoms with E-state index in [0.717, 1.165) is 38.8 Å². The van der Waals surface area contributed by atoms with Gasteiger partial charge in [0.25, 0.3) is 11.8 Å². The molecule has 10 atom stereocenters. The summed E-state index contributed by atoms with van der Waals surface area (Å²) in [6.45, 7) is 5.89. The average molecular weight is 921 g/mol. The van der Waals surface area contributed by atoms with Gasteiger partial charge in [0.2, 0.25) is 0 Å². The first-order valence-corrected chi connectivity index (χ1v) is 20.8. The Kier molecular flexibility index (Phi) is 18.3. The molecule has 2 fully saturated rings. The predicted octanol–water partition coefficient (Wildman–Crippen LogP) is 2.62. The molecule has 20 nitrogen and oxygen atoms in total. The van der Waals surface area contributed by atoms with E-state index in [1.54, 1.807) is 48.5 Å². The van der Waals surface area contributed by atoms with Gasteiger partial charge in [0.05, 0.1) is 13.2 Å². The minimum Gasteiger partial charge on any atom is -0.463 e. The van der Waals surface area contributed by atoms with Crippen molar-refractivity contribution in [3.63, 3.8) is 0 Å². The number of carbonyl (C=O) groups excluding carboxylic acids is 8. The van der Waals surface area contributed by atoms with Crippen LogP contribution in [0.4, 0.5) is 0 Å². The van der Waals surface area contributed by atoms with Crippen LogP contribution in [0.25, 0.3) is 0 Å². The maximum absolute atomic E-state index is 14.0. The van der Waals surface area contributed by atoms with Gasteiger partial charge in [-0.25, -0.2) is 0 Å². The topological polar surface area (TPSA) is 253 Å². The Morgan fingerprint density at radius 3 is 1.06 bits per heavy atom. The van der Waals surface area contributed by atoms with E-state index >= 15 is 0 Å². The van der Waals surface area contributed by atoms with Crippen LogP contribution in [-0.4, -0.2) is 122 Å². The van der Waals surface area contributed by atoms with Crippen LogP contribution in [0.5, 0.6) is 0 Å². The summed E-state index contributed by atoms with van der Waals surface area (Å²) < 4.78 is 57.3. The van der Waals surface area contributed by atoms with Gasteiger partial charge < -0.3 is 58.0 Å². The summed E-state index contributed by atoms with van der Waals surface area (Å²) in [5, 5.41) is 5.52. The van der Waals surface area contributed by atoms with Crippen molar-refractivity contribution < 1.29 is 85.7 Å². The molecule has 0 spiro atoms. The Hall–Kier alpha value is -6.74. The highest BCUT2D eigenvalue weighted by atomic mass is 16.7. The molecule has 2 amide bonds. The third-order valence-electron chi connectivity index (χ3n) is 9.92. The number of esters is 6. The highest BCUT2D eigenvalue weighted by Gasteiger charge is 2.53. The molecule has 2 heterocycles. The summed E-state index contributed by atoms with van der Waals surface area (Å²) in [5.74, 6) is -6.01. The molecule has 66 heavy (non-hydrogen) atoms. The highest BCUT2D eigenvalue weighted by molar-refractivity contribution is 5.98. The van der Waals surface area contributed by atoms with Crippen molar-refractivity contribution in [1.29, 1.82) is 0 Å². The summed E-state index contributed by atoms with van der Waals surface area (Å²) in [5.41, 5.74) is 1.46. The van der Waals surface area contributed by atoms with Crippen molar-refractivity contribution in [2.75, 3.05) is 13.2 Å². The largest absolute Gasteiger partial charge is 0.463 e. The Labute approximate surface area is 379 Å². The zero-order chi connectivity index (χ0) is 47.9. The van der Waals surface area contributed by atoms with Crippen LogP contribution in [0.15, 0.2) is 84.9 Å². The summed E-state index contributed by atoms with van der Waals surface area (Å²) in [7, 11) is 0. The monoisotopic (exact) mass is 920 g/mol. The van der Waals surface area contributed by atoms with Gasteiger partial charge in [-0.1, -0.05) is 60.7 Å². The van der Waals surface area contributed by atoms with E-state index in [0.29, 0.717) is 0 Å². The molecule has 354 valence electrons. The first-order valence-electron chi connectivity index (χ1n) is 20.8. The first kappa shape index (κ1) is 50.3. The van der Waals surface area contributed by atoms with Crippen LogP contribution in [0.2, 0.25) is 0 Å². The lowest BCUT2D eigenvalue weighted by molar-refractivity contribution is -0.279. The lowest BCUT2D eigenvalue weighted by Crippen LogP contribution is -2.66. The zero-order valence-corrected chi connectivity index (χ0v) is 37.0. The number of hydrogen-bond donors (Lipinski definition) is 2. The van der Waals surface area contributed by atoms with Crippen LogP contribution >= 0.6 is 0 Å². The molecule has 3 aromatic carbocycles. The second-order valence-corrected chi connectivity index (χ2v) is 15.2. The molecule has 2 aliphatic rings. The summed E-state index contributed by atoms with van der Waals surface area (Å²) in [6, 6.07) is 20.5. The highest BCUT2D eigenvalue weighted by Crippen LogP contribution is 2.31. The quantitative estimate of drug-likeness (QED) is 0.137. The van der Waals surface area contributed by atoms with Gasteiger partial charge in [-0.2, -0.15) is 0 Å². The molecule has 0 aliphatic carbocycles. The van der Waals surface area contributed by atoms with E-state index in [4.69, 9.17) is 47.4 Å². The molecule has 2 saturated heterocycles. The molecule has 0 saturated carbocycles. The molecule has 0 unspecified atom stereocenters. The maximum Gasteiger partial charge on any atom is 0.303 e. The van der Waals surface area contributed by atoms with Gasteiger partial charge >= 0.3 is 35.8 Å².